The van der Waals surface area contributed by atoms with Crippen molar-refractivity contribution in [2.24, 2.45) is 5.73 Å². The molecule has 1 amide bonds. The van der Waals surface area contributed by atoms with E-state index in [0.29, 0.717) is 11.6 Å². The number of likely N-dealkylation sites (N-methyl/N-ethyl adjacent to an activating group) is 1. The van der Waals surface area contributed by atoms with Crippen molar-refractivity contribution >= 4 is 23.2 Å². The first-order valence-corrected chi connectivity index (χ1v) is 6.04. The van der Waals surface area contributed by atoms with Crippen molar-refractivity contribution in [1.82, 2.24) is 4.90 Å². The summed E-state index contributed by atoms with van der Waals surface area (Å²) in [5.74, 6) is -0.809. The molecule has 6 heteroatoms. The topological polar surface area (TPSA) is 58.4 Å². The van der Waals surface area contributed by atoms with Gasteiger partial charge in [-0.1, -0.05) is 11.6 Å². The molecule has 18 heavy (non-hydrogen) atoms. The van der Waals surface area contributed by atoms with Crippen LogP contribution < -0.4 is 11.1 Å². The Kier molecular flexibility index (Phi) is 6.04. The number of anilines is 1. The fourth-order valence-corrected chi connectivity index (χ4v) is 1.62. The van der Waals surface area contributed by atoms with Crippen LogP contribution in [0.4, 0.5) is 10.1 Å². The van der Waals surface area contributed by atoms with Gasteiger partial charge in [0.2, 0.25) is 5.91 Å². The van der Waals surface area contributed by atoms with Crippen LogP contribution in [0.2, 0.25) is 5.02 Å². The van der Waals surface area contributed by atoms with Gasteiger partial charge in [0.25, 0.3) is 0 Å². The fourth-order valence-electron chi connectivity index (χ4n) is 1.47. The number of nitrogens with one attached hydrogen (secondary N) is 1. The number of nitrogens with zero attached hydrogens (tertiary/aromatic N) is 1. The Balaban J connectivity index is 2.49. The van der Waals surface area contributed by atoms with Gasteiger partial charge in [0, 0.05) is 5.02 Å². The number of hydrogen-bond donors (Lipinski definition) is 2. The Morgan fingerprint density at radius 3 is 2.89 bits per heavy atom. The van der Waals surface area contributed by atoms with E-state index in [2.05, 4.69) is 5.32 Å². The van der Waals surface area contributed by atoms with Gasteiger partial charge < -0.3 is 11.1 Å². The number of carbonyl (C=O) groups excluding carboxylic acids is 1. The molecule has 0 aliphatic heterocycles. The van der Waals surface area contributed by atoms with Crippen LogP contribution in [0.1, 0.15) is 6.42 Å². The van der Waals surface area contributed by atoms with E-state index in [1.807, 2.05) is 11.9 Å². The van der Waals surface area contributed by atoms with E-state index in [0.717, 1.165) is 19.0 Å². The van der Waals surface area contributed by atoms with E-state index in [-0.39, 0.29) is 18.1 Å². The highest BCUT2D eigenvalue weighted by Crippen LogP contribution is 2.18. The summed E-state index contributed by atoms with van der Waals surface area (Å²) in [5, 5.41) is 2.80. The van der Waals surface area contributed by atoms with Crippen LogP contribution in [-0.4, -0.2) is 37.5 Å². The van der Waals surface area contributed by atoms with Crippen molar-refractivity contribution in [3.63, 3.8) is 0 Å². The van der Waals surface area contributed by atoms with Gasteiger partial charge in [0.15, 0.2) is 0 Å². The second-order valence-electron chi connectivity index (χ2n) is 4.05. The smallest absolute Gasteiger partial charge is 0.238 e. The number of rotatable bonds is 6. The monoisotopic (exact) mass is 273 g/mol. The highest BCUT2D eigenvalue weighted by molar-refractivity contribution is 6.30. The van der Waals surface area contributed by atoms with Crippen LogP contribution >= 0.6 is 11.6 Å². The zero-order valence-electron chi connectivity index (χ0n) is 10.2. The predicted octanol–water partition coefficient (Wildman–Crippen LogP) is 1.70. The first kappa shape index (κ1) is 14.9. The van der Waals surface area contributed by atoms with Crippen LogP contribution in [-0.2, 0) is 4.79 Å². The summed E-state index contributed by atoms with van der Waals surface area (Å²) < 4.78 is 13.4. The Morgan fingerprint density at radius 2 is 2.28 bits per heavy atom. The maximum absolute atomic E-state index is 13.4. The largest absolute Gasteiger partial charge is 0.330 e. The number of nitrogens with two attached hydrogens (primary N) is 1. The third-order valence-corrected chi connectivity index (χ3v) is 2.60. The Hall–Kier alpha value is -1.17. The molecule has 0 atom stereocenters. The van der Waals surface area contributed by atoms with E-state index in [1.54, 1.807) is 0 Å². The van der Waals surface area contributed by atoms with E-state index < -0.39 is 5.82 Å². The van der Waals surface area contributed by atoms with Gasteiger partial charge in [-0.3, -0.25) is 9.69 Å². The highest BCUT2D eigenvalue weighted by atomic mass is 35.5. The van der Waals surface area contributed by atoms with Gasteiger partial charge in [-0.15, -0.1) is 0 Å². The number of benzene rings is 1. The SMILES string of the molecule is CN(CCCN)CC(=O)Nc1ccc(Cl)cc1F. The van der Waals surface area contributed by atoms with Crippen LogP contribution in [0.15, 0.2) is 18.2 Å². The molecule has 0 radical (unpaired) electrons. The lowest BCUT2D eigenvalue weighted by Gasteiger charge is -2.15. The van der Waals surface area contributed by atoms with Crippen molar-refractivity contribution in [3.05, 3.63) is 29.0 Å². The number of halogens is 2. The van der Waals surface area contributed by atoms with E-state index in [1.165, 1.54) is 12.1 Å². The molecule has 1 aromatic rings. The lowest BCUT2D eigenvalue weighted by Crippen LogP contribution is -2.31. The molecule has 0 saturated heterocycles. The molecule has 0 saturated carbocycles. The van der Waals surface area contributed by atoms with E-state index >= 15 is 0 Å². The van der Waals surface area contributed by atoms with Gasteiger partial charge in [-0.05, 0) is 44.8 Å². The molecule has 100 valence electrons. The quantitative estimate of drug-likeness (QED) is 0.829. The third-order valence-electron chi connectivity index (χ3n) is 2.36. The van der Waals surface area contributed by atoms with Crippen molar-refractivity contribution < 1.29 is 9.18 Å². The Labute approximate surface area is 111 Å². The third kappa shape index (κ3) is 5.00. The van der Waals surface area contributed by atoms with E-state index in [4.69, 9.17) is 17.3 Å². The summed E-state index contributed by atoms with van der Waals surface area (Å²) in [5.41, 5.74) is 5.51. The van der Waals surface area contributed by atoms with E-state index in [9.17, 15) is 9.18 Å². The molecule has 0 aromatic heterocycles. The van der Waals surface area contributed by atoms with Gasteiger partial charge >= 0.3 is 0 Å². The standard InChI is InChI=1S/C12H17ClFN3O/c1-17(6-2-5-15)8-12(18)16-11-4-3-9(13)7-10(11)14/h3-4,7H,2,5-6,8,15H2,1H3,(H,16,18). The molecule has 0 fully saturated rings. The number of hydrogen-bond acceptors (Lipinski definition) is 3. The first-order chi connectivity index (χ1) is 8.52. The second-order valence-corrected chi connectivity index (χ2v) is 4.49. The zero-order chi connectivity index (χ0) is 13.5. The van der Waals surface area contributed by atoms with Crippen LogP contribution in [0.5, 0.6) is 0 Å². The average molecular weight is 274 g/mol. The predicted molar refractivity (Wildman–Crippen MR) is 71.2 cm³/mol. The lowest BCUT2D eigenvalue weighted by molar-refractivity contribution is -0.117. The summed E-state index contributed by atoms with van der Waals surface area (Å²) in [6.07, 6.45) is 0.819. The average Bonchev–Trinajstić information content (AvgIpc) is 2.30. The minimum Gasteiger partial charge on any atom is -0.330 e. The Morgan fingerprint density at radius 1 is 1.56 bits per heavy atom. The van der Waals surface area contributed by atoms with Crippen molar-refractivity contribution in [2.45, 2.75) is 6.42 Å². The molecule has 0 heterocycles. The van der Waals surface area contributed by atoms with Gasteiger partial charge in [-0.25, -0.2) is 4.39 Å². The van der Waals surface area contributed by atoms with Crippen molar-refractivity contribution in [2.75, 3.05) is 32.0 Å². The molecule has 1 rings (SSSR count). The number of amides is 1. The molecule has 0 spiro atoms. The molecular formula is C12H17ClFN3O. The van der Waals surface area contributed by atoms with Crippen LogP contribution in [0.25, 0.3) is 0 Å². The minimum absolute atomic E-state index is 0.136. The molecule has 0 aliphatic rings. The van der Waals surface area contributed by atoms with Gasteiger partial charge in [0.1, 0.15) is 5.82 Å². The fraction of sp³-hybridized carbons (Fsp3) is 0.417. The summed E-state index contributed by atoms with van der Waals surface area (Å²) in [6, 6.07) is 4.13. The number of carbonyl (C=O) groups is 1. The molecule has 4 nitrogen and oxygen atoms in total. The molecule has 0 aliphatic carbocycles. The van der Waals surface area contributed by atoms with Crippen molar-refractivity contribution in [3.8, 4) is 0 Å². The molecule has 3 N–H and O–H groups in total. The molecule has 1 aromatic carbocycles. The second kappa shape index (κ2) is 7.31. The minimum atomic E-state index is -0.541. The lowest BCUT2D eigenvalue weighted by atomic mass is 10.3. The summed E-state index contributed by atoms with van der Waals surface area (Å²) >= 11 is 5.62. The van der Waals surface area contributed by atoms with Crippen LogP contribution in [0.3, 0.4) is 0 Å². The molecule has 0 bridgehead atoms. The van der Waals surface area contributed by atoms with Gasteiger partial charge in [-0.2, -0.15) is 0 Å². The van der Waals surface area contributed by atoms with Crippen LogP contribution in [0, 0.1) is 5.82 Å². The Bertz CT molecular complexity index is 414. The maximum atomic E-state index is 13.4. The molecule has 0 unspecified atom stereocenters. The maximum Gasteiger partial charge on any atom is 0.238 e. The summed E-state index contributed by atoms with van der Waals surface area (Å²) in [7, 11) is 1.81. The van der Waals surface area contributed by atoms with Gasteiger partial charge in [0.05, 0.1) is 12.2 Å². The normalized spacial score (nSPS) is 10.7. The highest BCUT2D eigenvalue weighted by Gasteiger charge is 2.09. The van der Waals surface area contributed by atoms with Crippen molar-refractivity contribution in [1.29, 1.82) is 0 Å². The first-order valence-electron chi connectivity index (χ1n) is 5.66. The molecular weight excluding hydrogens is 257 g/mol. The summed E-state index contributed by atoms with van der Waals surface area (Å²) in [4.78, 5) is 13.5. The summed E-state index contributed by atoms with van der Waals surface area (Å²) in [6.45, 7) is 1.51. The zero-order valence-corrected chi connectivity index (χ0v) is 11.0.